The van der Waals surface area contributed by atoms with E-state index in [1.807, 2.05) is 12.1 Å². The van der Waals surface area contributed by atoms with E-state index in [0.29, 0.717) is 6.54 Å². The van der Waals surface area contributed by atoms with Gasteiger partial charge in [0.1, 0.15) is 0 Å². The molecule has 0 aliphatic heterocycles. The Hall–Kier alpha value is -1.33. The molecule has 1 amide bonds. The van der Waals surface area contributed by atoms with E-state index in [0.717, 1.165) is 46.8 Å². The van der Waals surface area contributed by atoms with Crippen molar-refractivity contribution >= 4 is 43.7 Å². The van der Waals surface area contributed by atoms with Crippen LogP contribution in [0.3, 0.4) is 0 Å². The van der Waals surface area contributed by atoms with Gasteiger partial charge in [0.15, 0.2) is 9.34 Å². The van der Waals surface area contributed by atoms with E-state index in [4.69, 9.17) is 0 Å². The summed E-state index contributed by atoms with van der Waals surface area (Å²) in [6.45, 7) is 3.39. The predicted molar refractivity (Wildman–Crippen MR) is 107 cm³/mol. The summed E-state index contributed by atoms with van der Waals surface area (Å²) in [5, 5.41) is 12.6. The highest BCUT2D eigenvalue weighted by Gasteiger charge is 2.38. The van der Waals surface area contributed by atoms with Gasteiger partial charge in [-0.25, -0.2) is 18.1 Å². The fraction of sp³-hybridized carbons (Fsp3) is 0.529. The number of aliphatic hydroxyl groups excluding tert-OH is 1. The largest absolute Gasteiger partial charge is 0.388 e. The molecule has 27 heavy (non-hydrogen) atoms. The Morgan fingerprint density at radius 1 is 1.33 bits per heavy atom. The normalized spacial score (nSPS) is 17.7. The Labute approximate surface area is 166 Å². The molecule has 148 valence electrons. The van der Waals surface area contributed by atoms with Gasteiger partial charge in [-0.15, -0.1) is 11.3 Å². The van der Waals surface area contributed by atoms with Crippen LogP contribution in [0.1, 0.15) is 55.4 Å². The van der Waals surface area contributed by atoms with Crippen molar-refractivity contribution in [1.29, 1.82) is 0 Å². The van der Waals surface area contributed by atoms with Gasteiger partial charge in [-0.1, -0.05) is 24.2 Å². The van der Waals surface area contributed by atoms with Gasteiger partial charge in [0.2, 0.25) is 5.91 Å². The number of nitrogens with one attached hydrogen (secondary N) is 2. The van der Waals surface area contributed by atoms with Crippen molar-refractivity contribution in [2.75, 3.05) is 11.9 Å². The van der Waals surface area contributed by atoms with Crippen LogP contribution in [0.5, 0.6) is 0 Å². The van der Waals surface area contributed by atoms with E-state index in [1.54, 1.807) is 18.3 Å². The highest BCUT2D eigenvalue weighted by atomic mass is 32.2. The summed E-state index contributed by atoms with van der Waals surface area (Å²) in [6.07, 6.45) is 4.66. The van der Waals surface area contributed by atoms with Gasteiger partial charge in [0.05, 0.1) is 12.3 Å². The topological polar surface area (TPSA) is 108 Å². The molecule has 2 aromatic heterocycles. The Morgan fingerprint density at radius 3 is 2.63 bits per heavy atom. The van der Waals surface area contributed by atoms with Crippen LogP contribution in [0.15, 0.2) is 22.5 Å². The van der Waals surface area contributed by atoms with Gasteiger partial charge < -0.3 is 10.4 Å². The maximum absolute atomic E-state index is 12.7. The zero-order chi connectivity index (χ0) is 19.7. The molecule has 1 fully saturated rings. The summed E-state index contributed by atoms with van der Waals surface area (Å²) in [5.41, 5.74) is -0.240. The molecule has 1 unspecified atom stereocenters. The van der Waals surface area contributed by atoms with Crippen LogP contribution in [0.25, 0.3) is 0 Å². The van der Waals surface area contributed by atoms with Gasteiger partial charge >= 0.3 is 0 Å². The Kier molecular flexibility index (Phi) is 6.02. The lowest BCUT2D eigenvalue weighted by Gasteiger charge is -2.28. The van der Waals surface area contributed by atoms with E-state index in [2.05, 4.69) is 15.0 Å². The number of nitrogens with zero attached hydrogens (tertiary/aromatic N) is 1. The molecule has 0 radical (unpaired) electrons. The highest BCUT2D eigenvalue weighted by molar-refractivity contribution is 7.91. The van der Waals surface area contributed by atoms with Crippen LogP contribution in [-0.2, 0) is 20.2 Å². The molecule has 1 saturated carbocycles. The number of anilines is 1. The molecule has 1 atom stereocenters. The van der Waals surface area contributed by atoms with Crippen LogP contribution in [0.2, 0.25) is 0 Å². The van der Waals surface area contributed by atoms with E-state index in [-0.39, 0.29) is 20.7 Å². The van der Waals surface area contributed by atoms with Crippen molar-refractivity contribution in [2.45, 2.75) is 55.3 Å². The van der Waals surface area contributed by atoms with Crippen LogP contribution >= 0.6 is 22.7 Å². The molecule has 0 aromatic carbocycles. The summed E-state index contributed by atoms with van der Waals surface area (Å²) in [7, 11) is -3.71. The van der Waals surface area contributed by atoms with E-state index < -0.39 is 16.1 Å². The van der Waals surface area contributed by atoms with Crippen LogP contribution in [0.4, 0.5) is 5.13 Å². The first-order chi connectivity index (χ1) is 12.7. The number of hydrogen-bond donors (Lipinski definition) is 3. The molecule has 3 rings (SSSR count). The summed E-state index contributed by atoms with van der Waals surface area (Å²) in [6, 6.07) is 3.93. The lowest BCUT2D eigenvalue weighted by atomic mass is 9.85. The quantitative estimate of drug-likeness (QED) is 0.627. The van der Waals surface area contributed by atoms with Gasteiger partial charge in [-0.3, -0.25) is 4.79 Å². The maximum atomic E-state index is 12.7. The van der Waals surface area contributed by atoms with Crippen molar-refractivity contribution in [3.63, 3.8) is 0 Å². The van der Waals surface area contributed by atoms with Crippen molar-refractivity contribution < 1.29 is 18.3 Å². The number of amides is 1. The third kappa shape index (κ3) is 4.57. The lowest BCUT2D eigenvalue weighted by molar-refractivity contribution is -0.114. The monoisotopic (exact) mass is 429 g/mol. The number of thiophene rings is 1. The molecular weight excluding hydrogens is 406 g/mol. The Balaban J connectivity index is 1.77. The molecule has 0 spiro atoms. The summed E-state index contributed by atoms with van der Waals surface area (Å²) >= 11 is 2.48. The SMILES string of the molecule is CC(=O)Nc1ncc(S(=O)(=O)NCC2(c3ccc(C(C)O)s3)CCCC2)s1. The average Bonchev–Trinajstić information content (AvgIpc) is 3.33. The van der Waals surface area contributed by atoms with E-state index >= 15 is 0 Å². The minimum Gasteiger partial charge on any atom is -0.388 e. The molecule has 2 aromatic rings. The second kappa shape index (κ2) is 7.96. The highest BCUT2D eigenvalue weighted by Crippen LogP contribution is 2.44. The second-order valence-corrected chi connectivity index (χ2v) is 11.0. The third-order valence-electron chi connectivity index (χ3n) is 4.75. The Bertz CT molecular complexity index is 912. The third-order valence-corrected chi connectivity index (χ3v) is 9.03. The lowest BCUT2D eigenvalue weighted by Crippen LogP contribution is -2.38. The second-order valence-electron chi connectivity index (χ2n) is 6.86. The smallest absolute Gasteiger partial charge is 0.251 e. The predicted octanol–water partition coefficient (Wildman–Crippen LogP) is 3.01. The van der Waals surface area contributed by atoms with E-state index in [9.17, 15) is 18.3 Å². The molecule has 2 heterocycles. The van der Waals surface area contributed by atoms with Gasteiger partial charge in [0, 0.05) is 28.6 Å². The molecule has 1 aliphatic carbocycles. The van der Waals surface area contributed by atoms with Crippen molar-refractivity contribution in [3.05, 3.63) is 28.1 Å². The van der Waals surface area contributed by atoms with Crippen LogP contribution in [-0.4, -0.2) is 31.0 Å². The number of aromatic nitrogens is 1. The molecule has 7 nitrogen and oxygen atoms in total. The Morgan fingerprint density at radius 2 is 2.04 bits per heavy atom. The summed E-state index contributed by atoms with van der Waals surface area (Å²) < 4.78 is 28.2. The molecular formula is C17H23N3O4S3. The fourth-order valence-corrected chi connectivity index (χ4v) is 6.76. The number of hydrogen-bond acceptors (Lipinski definition) is 7. The number of carbonyl (C=O) groups is 1. The molecule has 1 aliphatic rings. The minimum atomic E-state index is -3.71. The first-order valence-electron chi connectivity index (χ1n) is 8.73. The van der Waals surface area contributed by atoms with Crippen molar-refractivity contribution in [2.24, 2.45) is 0 Å². The first kappa shape index (κ1) is 20.4. The van der Waals surface area contributed by atoms with Gasteiger partial charge in [0.25, 0.3) is 10.0 Å². The standard InChI is InChI=1S/C17H23N3O4S3/c1-11(21)13-5-6-14(25-13)17(7-3-4-8-17)10-19-27(23,24)15-9-18-16(26-15)20-12(2)22/h5-6,9,11,19,21H,3-4,7-8,10H2,1-2H3,(H,18,20,22). The molecule has 3 N–H and O–H groups in total. The van der Waals surface area contributed by atoms with Crippen molar-refractivity contribution in [3.8, 4) is 0 Å². The maximum Gasteiger partial charge on any atom is 0.251 e. The molecule has 0 bridgehead atoms. The first-order valence-corrected chi connectivity index (χ1v) is 11.8. The average molecular weight is 430 g/mol. The number of aliphatic hydroxyl groups is 1. The van der Waals surface area contributed by atoms with Gasteiger partial charge in [-0.2, -0.15) is 0 Å². The van der Waals surface area contributed by atoms with Crippen molar-refractivity contribution in [1.82, 2.24) is 9.71 Å². The van der Waals surface area contributed by atoms with Crippen LogP contribution < -0.4 is 10.0 Å². The number of sulfonamides is 1. The zero-order valence-electron chi connectivity index (χ0n) is 15.2. The molecule has 10 heteroatoms. The fourth-order valence-electron chi connectivity index (χ4n) is 3.32. The van der Waals surface area contributed by atoms with E-state index in [1.165, 1.54) is 13.1 Å². The van der Waals surface area contributed by atoms with Crippen LogP contribution in [0, 0.1) is 0 Å². The zero-order valence-corrected chi connectivity index (χ0v) is 17.6. The number of thiazole rings is 1. The van der Waals surface area contributed by atoms with Gasteiger partial charge in [-0.05, 0) is 31.9 Å². The summed E-state index contributed by atoms with van der Waals surface area (Å²) in [4.78, 5) is 17.0. The molecule has 0 saturated heterocycles. The number of rotatable bonds is 7. The minimum absolute atomic E-state index is 0.0789. The summed E-state index contributed by atoms with van der Waals surface area (Å²) in [5.74, 6) is -0.294. The number of carbonyl (C=O) groups excluding carboxylic acids is 1.